The van der Waals surface area contributed by atoms with Gasteiger partial charge in [-0.1, -0.05) is 77.6 Å². The number of rotatable bonds is 18. The smallest absolute Gasteiger partial charge is 0.421 e. The van der Waals surface area contributed by atoms with Crippen LogP contribution in [0.5, 0.6) is 5.75 Å². The summed E-state index contributed by atoms with van der Waals surface area (Å²) in [5.41, 5.74) is 5.62. The van der Waals surface area contributed by atoms with E-state index in [1.165, 1.54) is 63.9 Å². The molecule has 0 amide bonds. The molecule has 6 nitrogen and oxygen atoms in total. The van der Waals surface area contributed by atoms with E-state index in [1.54, 1.807) is 12.1 Å². The first-order valence-corrected chi connectivity index (χ1v) is 13.3. The number of aromatic nitrogens is 1. The summed E-state index contributed by atoms with van der Waals surface area (Å²) in [7, 11) is 0. The SMILES string of the molecule is CCCCCCCCCCCCCCOC(=O)n1c(=O)ccc2ccc(OCCCCN)cc21. The van der Waals surface area contributed by atoms with Crippen LogP contribution in [0.1, 0.15) is 96.8 Å². The molecule has 0 saturated heterocycles. The van der Waals surface area contributed by atoms with E-state index in [0.29, 0.717) is 31.0 Å². The summed E-state index contributed by atoms with van der Waals surface area (Å²) in [5, 5.41) is 0.788. The Labute approximate surface area is 204 Å². The van der Waals surface area contributed by atoms with Gasteiger partial charge in [-0.2, -0.15) is 0 Å². The van der Waals surface area contributed by atoms with Gasteiger partial charge in [-0.15, -0.1) is 0 Å². The molecule has 0 spiro atoms. The zero-order valence-corrected chi connectivity index (χ0v) is 21.1. The zero-order valence-electron chi connectivity index (χ0n) is 21.1. The van der Waals surface area contributed by atoms with Crippen LogP contribution in [0.15, 0.2) is 35.1 Å². The molecule has 0 aliphatic rings. The van der Waals surface area contributed by atoms with E-state index in [1.807, 2.05) is 12.1 Å². The largest absolute Gasteiger partial charge is 0.494 e. The summed E-state index contributed by atoms with van der Waals surface area (Å²) in [4.78, 5) is 25.1. The van der Waals surface area contributed by atoms with Gasteiger partial charge in [0.2, 0.25) is 0 Å². The molecular formula is C28H44N2O4. The first kappa shape index (κ1) is 27.9. The fourth-order valence-corrected chi connectivity index (χ4v) is 4.09. The number of fused-ring (bicyclic) bond motifs is 1. The topological polar surface area (TPSA) is 83.5 Å². The Bertz CT molecular complexity index is 894. The maximum absolute atomic E-state index is 12.7. The number of ether oxygens (including phenoxy) is 2. The molecule has 6 heteroatoms. The second-order valence-corrected chi connectivity index (χ2v) is 9.08. The number of hydrogen-bond acceptors (Lipinski definition) is 5. The molecular weight excluding hydrogens is 428 g/mol. The van der Waals surface area contributed by atoms with Crippen LogP contribution in [0, 0.1) is 0 Å². The number of hydrogen-bond donors (Lipinski definition) is 1. The summed E-state index contributed by atoms with van der Waals surface area (Å²) in [5.74, 6) is 0.623. The lowest BCUT2D eigenvalue weighted by molar-refractivity contribution is 0.145. The normalized spacial score (nSPS) is 11.1. The van der Waals surface area contributed by atoms with Crippen LogP contribution in [-0.2, 0) is 4.74 Å². The third-order valence-corrected chi connectivity index (χ3v) is 6.14. The molecule has 0 fully saturated rings. The van der Waals surface area contributed by atoms with Crippen molar-refractivity contribution < 1.29 is 14.3 Å². The van der Waals surface area contributed by atoms with Gasteiger partial charge in [-0.3, -0.25) is 4.79 Å². The number of pyridine rings is 1. The number of carbonyl (C=O) groups is 1. The Hall–Kier alpha value is -2.34. The first-order chi connectivity index (χ1) is 16.7. The molecule has 1 aromatic heterocycles. The number of nitrogens with two attached hydrogens (primary N) is 1. The molecule has 0 aliphatic heterocycles. The van der Waals surface area contributed by atoms with Crippen molar-refractivity contribution in [2.45, 2.75) is 96.8 Å². The van der Waals surface area contributed by atoms with Crippen LogP contribution >= 0.6 is 0 Å². The predicted octanol–water partition coefficient (Wildman–Crippen LogP) is 6.81. The summed E-state index contributed by atoms with van der Waals surface area (Å²) in [6.45, 7) is 3.76. The molecule has 0 unspecified atom stereocenters. The Morgan fingerprint density at radius 3 is 2.03 bits per heavy atom. The minimum atomic E-state index is -0.626. The molecule has 2 N–H and O–H groups in total. The van der Waals surface area contributed by atoms with Gasteiger partial charge >= 0.3 is 6.09 Å². The Balaban J connectivity index is 1.71. The number of nitrogens with zero attached hydrogens (tertiary/aromatic N) is 1. The lowest BCUT2D eigenvalue weighted by atomic mass is 10.1. The predicted molar refractivity (Wildman–Crippen MR) is 140 cm³/mol. The van der Waals surface area contributed by atoms with Crippen molar-refractivity contribution in [1.29, 1.82) is 0 Å². The van der Waals surface area contributed by atoms with Crippen molar-refractivity contribution in [3.63, 3.8) is 0 Å². The van der Waals surface area contributed by atoms with Gasteiger partial charge in [0.05, 0.1) is 18.7 Å². The van der Waals surface area contributed by atoms with Crippen LogP contribution in [0.3, 0.4) is 0 Å². The molecule has 2 aromatic rings. The molecule has 0 bridgehead atoms. The molecule has 2 rings (SSSR count). The third kappa shape index (κ3) is 10.3. The molecule has 0 saturated carbocycles. The third-order valence-electron chi connectivity index (χ3n) is 6.14. The van der Waals surface area contributed by atoms with E-state index in [9.17, 15) is 9.59 Å². The maximum Gasteiger partial charge on any atom is 0.421 e. The monoisotopic (exact) mass is 472 g/mol. The standard InChI is InChI=1S/C28H44N2O4/c1-2-3-4-5-6-7-8-9-10-11-12-14-22-34-28(32)30-26-23-25(33-21-15-13-20-29)18-16-24(26)17-19-27(30)31/h16-19,23H,2-15,20-22,29H2,1H3. The van der Waals surface area contributed by atoms with Gasteiger partial charge in [-0.25, -0.2) is 9.36 Å². The van der Waals surface area contributed by atoms with Gasteiger partial charge in [-0.05, 0) is 49.4 Å². The van der Waals surface area contributed by atoms with Crippen molar-refractivity contribution in [3.05, 3.63) is 40.7 Å². The van der Waals surface area contributed by atoms with E-state index in [-0.39, 0.29) is 0 Å². The van der Waals surface area contributed by atoms with Crippen molar-refractivity contribution in [2.75, 3.05) is 19.8 Å². The van der Waals surface area contributed by atoms with Crippen molar-refractivity contribution in [1.82, 2.24) is 4.57 Å². The zero-order chi connectivity index (χ0) is 24.4. The van der Waals surface area contributed by atoms with Crippen LogP contribution in [-0.4, -0.2) is 30.4 Å². The van der Waals surface area contributed by atoms with Crippen LogP contribution < -0.4 is 16.0 Å². The molecule has 1 heterocycles. The van der Waals surface area contributed by atoms with Crippen LogP contribution in [0.4, 0.5) is 4.79 Å². The molecule has 0 atom stereocenters. The van der Waals surface area contributed by atoms with Crippen molar-refractivity contribution in [3.8, 4) is 5.75 Å². The average molecular weight is 473 g/mol. The first-order valence-electron chi connectivity index (χ1n) is 13.3. The lowest BCUT2D eigenvalue weighted by Crippen LogP contribution is -2.27. The Kier molecular flexibility index (Phi) is 14.1. The van der Waals surface area contributed by atoms with E-state index in [4.69, 9.17) is 15.2 Å². The van der Waals surface area contributed by atoms with Crippen molar-refractivity contribution in [2.24, 2.45) is 5.73 Å². The number of unbranched alkanes of at least 4 members (excludes halogenated alkanes) is 12. The van der Waals surface area contributed by atoms with Gasteiger partial charge in [0.25, 0.3) is 5.56 Å². The average Bonchev–Trinajstić information content (AvgIpc) is 2.84. The van der Waals surface area contributed by atoms with Gasteiger partial charge in [0.15, 0.2) is 0 Å². The minimum absolute atomic E-state index is 0.328. The molecule has 0 aliphatic carbocycles. The van der Waals surface area contributed by atoms with Gasteiger partial charge < -0.3 is 15.2 Å². The molecule has 190 valence electrons. The highest BCUT2D eigenvalue weighted by atomic mass is 16.5. The summed E-state index contributed by atoms with van der Waals surface area (Å²) < 4.78 is 12.3. The Morgan fingerprint density at radius 1 is 0.794 bits per heavy atom. The van der Waals surface area contributed by atoms with E-state index in [0.717, 1.165) is 42.1 Å². The molecule has 1 aromatic carbocycles. The molecule has 0 radical (unpaired) electrons. The second kappa shape index (κ2) is 17.1. The Morgan fingerprint density at radius 2 is 1.38 bits per heavy atom. The number of benzene rings is 1. The summed E-state index contributed by atoms with van der Waals surface area (Å²) in [6.07, 6.45) is 16.1. The fourth-order valence-electron chi connectivity index (χ4n) is 4.09. The minimum Gasteiger partial charge on any atom is -0.494 e. The fraction of sp³-hybridized carbons (Fsp3) is 0.643. The van der Waals surface area contributed by atoms with E-state index >= 15 is 0 Å². The summed E-state index contributed by atoms with van der Waals surface area (Å²) >= 11 is 0. The second-order valence-electron chi connectivity index (χ2n) is 9.08. The quantitative estimate of drug-likeness (QED) is 0.241. The lowest BCUT2D eigenvalue weighted by Gasteiger charge is -2.12. The highest BCUT2D eigenvalue weighted by Crippen LogP contribution is 2.20. The van der Waals surface area contributed by atoms with E-state index < -0.39 is 11.7 Å². The van der Waals surface area contributed by atoms with Crippen LogP contribution in [0.2, 0.25) is 0 Å². The maximum atomic E-state index is 12.7. The van der Waals surface area contributed by atoms with Gasteiger partial charge in [0.1, 0.15) is 5.75 Å². The van der Waals surface area contributed by atoms with E-state index in [2.05, 4.69) is 6.92 Å². The number of carbonyl (C=O) groups excluding carboxylic acids is 1. The van der Waals surface area contributed by atoms with Gasteiger partial charge in [0, 0.05) is 12.1 Å². The van der Waals surface area contributed by atoms with Crippen molar-refractivity contribution >= 4 is 17.0 Å². The molecule has 34 heavy (non-hydrogen) atoms. The highest BCUT2D eigenvalue weighted by Gasteiger charge is 2.13. The van der Waals surface area contributed by atoms with Crippen LogP contribution in [0.25, 0.3) is 10.9 Å². The highest BCUT2D eigenvalue weighted by molar-refractivity contribution is 5.88. The summed E-state index contributed by atoms with van der Waals surface area (Å²) in [6, 6.07) is 8.53.